The third-order valence-electron chi connectivity index (χ3n) is 0.585. The zero-order valence-corrected chi connectivity index (χ0v) is 5.15. The van der Waals surface area contributed by atoms with Gasteiger partial charge in [0, 0.05) is 0 Å². The summed E-state index contributed by atoms with van der Waals surface area (Å²) in [4.78, 5) is 4.31. The molecule has 0 aliphatic heterocycles. The lowest BCUT2D eigenvalue weighted by molar-refractivity contribution is -0.166. The highest BCUT2D eigenvalue weighted by Crippen LogP contribution is 1.87. The summed E-state index contributed by atoms with van der Waals surface area (Å²) in [6.07, 6.45) is -1.63. The molecular weight excluding hydrogens is 126 g/mol. The molecule has 0 aromatic rings. The summed E-state index contributed by atoms with van der Waals surface area (Å²) in [6.45, 7) is 1.43. The Kier molecular flexibility index (Phi) is 4.55. The number of aliphatic hydroxyl groups excluding tert-OH is 1. The molecule has 0 radical (unpaired) electrons. The van der Waals surface area contributed by atoms with Gasteiger partial charge in [0.05, 0.1) is 13.2 Å². The molecule has 0 fully saturated rings. The Morgan fingerprint density at radius 2 is 2.22 bits per heavy atom. The molecule has 5 nitrogen and oxygen atoms in total. The van der Waals surface area contributed by atoms with Crippen LogP contribution in [0.3, 0.4) is 0 Å². The highest BCUT2D eigenvalue weighted by Gasteiger charge is 1.96. The number of nitrogens with zero attached hydrogens (tertiary/aromatic N) is 1. The maximum absolute atomic E-state index is 10.2. The second-order valence-electron chi connectivity index (χ2n) is 1.41. The summed E-state index contributed by atoms with van der Waals surface area (Å²) < 4.78 is 0. The minimum absolute atomic E-state index is 0.130. The van der Waals surface area contributed by atoms with Gasteiger partial charge in [-0.05, 0) is 6.92 Å². The molecular formula is C4H10NO4-. The lowest BCUT2D eigenvalue weighted by Crippen LogP contribution is -2.27. The van der Waals surface area contributed by atoms with Crippen LogP contribution in [0, 0.1) is 5.21 Å². The second kappa shape index (κ2) is 4.66. The molecule has 0 spiro atoms. The number of rotatable bonds is 4. The number of hydrogen-bond acceptors (Lipinski definition) is 5. The van der Waals surface area contributed by atoms with Crippen molar-refractivity contribution in [3.05, 3.63) is 5.21 Å². The molecule has 0 aromatic carbocycles. The van der Waals surface area contributed by atoms with E-state index < -0.39 is 12.8 Å². The molecule has 9 heavy (non-hydrogen) atoms. The molecule has 0 amide bonds. The first-order valence-electron chi connectivity index (χ1n) is 2.60. The smallest absolute Gasteiger partial charge is 0.165 e. The number of hydroxylamine groups is 2. The Hall–Kier alpha value is -0.200. The zero-order valence-electron chi connectivity index (χ0n) is 5.15. The van der Waals surface area contributed by atoms with Crippen LogP contribution in [0.25, 0.3) is 0 Å². The normalized spacial score (nSPS) is 11.3. The molecule has 0 saturated heterocycles. The van der Waals surface area contributed by atoms with E-state index in [1.165, 1.54) is 0 Å². The van der Waals surface area contributed by atoms with E-state index in [1.54, 1.807) is 6.92 Å². The van der Waals surface area contributed by atoms with E-state index in [9.17, 15) is 5.21 Å². The fourth-order valence-corrected chi connectivity index (χ4v) is 0.330. The Balaban J connectivity index is 3.15. The van der Waals surface area contributed by atoms with Crippen molar-refractivity contribution in [3.63, 3.8) is 0 Å². The summed E-state index contributed by atoms with van der Waals surface area (Å²) in [6, 6.07) is 0. The van der Waals surface area contributed by atoms with Crippen LogP contribution in [-0.4, -0.2) is 34.9 Å². The van der Waals surface area contributed by atoms with E-state index in [2.05, 4.69) is 4.84 Å². The molecule has 0 unspecified atom stereocenters. The largest absolute Gasteiger partial charge is 0.762 e. The predicted molar refractivity (Wildman–Crippen MR) is 29.9 cm³/mol. The first kappa shape index (κ1) is 8.80. The van der Waals surface area contributed by atoms with Gasteiger partial charge in [0.2, 0.25) is 0 Å². The minimum Gasteiger partial charge on any atom is -0.762 e. The van der Waals surface area contributed by atoms with Gasteiger partial charge in [0.1, 0.15) is 0 Å². The van der Waals surface area contributed by atoms with Crippen molar-refractivity contribution in [1.82, 2.24) is 5.23 Å². The van der Waals surface area contributed by atoms with Gasteiger partial charge in [0.25, 0.3) is 0 Å². The Bertz CT molecular complexity index is 67.6. The summed E-state index contributed by atoms with van der Waals surface area (Å²) in [5.74, 6) is 0. The van der Waals surface area contributed by atoms with Gasteiger partial charge < -0.3 is 20.3 Å². The molecule has 0 heterocycles. The number of aliphatic hydroxyl groups is 2. The molecule has 0 rings (SSSR count). The van der Waals surface area contributed by atoms with E-state index in [1.807, 2.05) is 0 Å². The molecule has 0 aliphatic rings. The molecule has 0 bridgehead atoms. The predicted octanol–water partition coefficient (Wildman–Crippen LogP) is -0.952. The average molecular weight is 136 g/mol. The molecule has 0 aliphatic carbocycles. The lowest BCUT2D eigenvalue weighted by Gasteiger charge is -2.26. The van der Waals surface area contributed by atoms with Crippen molar-refractivity contribution in [2.24, 2.45) is 0 Å². The molecule has 0 atom stereocenters. The van der Waals surface area contributed by atoms with Crippen LogP contribution in [0.1, 0.15) is 6.92 Å². The van der Waals surface area contributed by atoms with E-state index in [4.69, 9.17) is 10.2 Å². The van der Waals surface area contributed by atoms with Gasteiger partial charge in [0.15, 0.2) is 6.29 Å². The Morgan fingerprint density at radius 1 is 1.67 bits per heavy atom. The van der Waals surface area contributed by atoms with E-state index in [0.717, 1.165) is 0 Å². The molecule has 0 saturated carbocycles. The van der Waals surface area contributed by atoms with E-state index in [-0.39, 0.29) is 11.8 Å². The molecule has 2 N–H and O–H groups in total. The Morgan fingerprint density at radius 3 is 2.56 bits per heavy atom. The summed E-state index contributed by atoms with van der Waals surface area (Å²) in [7, 11) is 0. The summed E-state index contributed by atoms with van der Waals surface area (Å²) in [5, 5.41) is 26.7. The van der Waals surface area contributed by atoms with Gasteiger partial charge in [-0.3, -0.25) is 5.23 Å². The maximum Gasteiger partial charge on any atom is 0.165 e. The third kappa shape index (κ3) is 5.67. The van der Waals surface area contributed by atoms with E-state index >= 15 is 0 Å². The summed E-state index contributed by atoms with van der Waals surface area (Å²) in [5.41, 5.74) is 0. The van der Waals surface area contributed by atoms with Crippen molar-refractivity contribution < 1.29 is 15.1 Å². The summed E-state index contributed by atoms with van der Waals surface area (Å²) >= 11 is 0. The SMILES string of the molecule is CCON([O-])CC(O)O. The van der Waals surface area contributed by atoms with Crippen LogP contribution in [0.5, 0.6) is 0 Å². The van der Waals surface area contributed by atoms with Crippen LogP contribution >= 0.6 is 0 Å². The van der Waals surface area contributed by atoms with Gasteiger partial charge >= 0.3 is 0 Å². The zero-order chi connectivity index (χ0) is 7.28. The fraction of sp³-hybridized carbons (Fsp3) is 1.00. The van der Waals surface area contributed by atoms with Crippen LogP contribution in [0.2, 0.25) is 0 Å². The van der Waals surface area contributed by atoms with Crippen molar-refractivity contribution in [2.45, 2.75) is 13.2 Å². The van der Waals surface area contributed by atoms with Gasteiger partial charge in [-0.15, -0.1) is 0 Å². The molecule has 56 valence electrons. The van der Waals surface area contributed by atoms with Gasteiger partial charge in [-0.2, -0.15) is 0 Å². The monoisotopic (exact) mass is 136 g/mol. The molecule has 0 aromatic heterocycles. The second-order valence-corrected chi connectivity index (χ2v) is 1.41. The van der Waals surface area contributed by atoms with Crippen molar-refractivity contribution in [3.8, 4) is 0 Å². The standard InChI is InChI=1S/C4H10NO4/c1-2-9-5(8)3-4(6)7/h4,6-7H,2-3H2,1H3/q-1. The lowest BCUT2D eigenvalue weighted by atomic mass is 10.7. The fourth-order valence-electron chi connectivity index (χ4n) is 0.330. The van der Waals surface area contributed by atoms with Crippen LogP contribution < -0.4 is 0 Å². The van der Waals surface area contributed by atoms with Crippen molar-refractivity contribution >= 4 is 0 Å². The van der Waals surface area contributed by atoms with Crippen molar-refractivity contribution in [2.75, 3.05) is 13.2 Å². The quantitative estimate of drug-likeness (QED) is 0.385. The first-order chi connectivity index (χ1) is 4.16. The van der Waals surface area contributed by atoms with E-state index in [0.29, 0.717) is 0 Å². The maximum atomic E-state index is 10.2. The third-order valence-corrected chi connectivity index (χ3v) is 0.585. The minimum atomic E-state index is -1.63. The molecule has 5 heteroatoms. The van der Waals surface area contributed by atoms with Crippen LogP contribution in [0.4, 0.5) is 0 Å². The van der Waals surface area contributed by atoms with Crippen LogP contribution in [0.15, 0.2) is 0 Å². The highest BCUT2D eigenvalue weighted by atomic mass is 16.9. The average Bonchev–Trinajstić information content (AvgIpc) is 1.63. The topological polar surface area (TPSA) is 76.0 Å². The first-order valence-corrected chi connectivity index (χ1v) is 2.60. The Labute approximate surface area is 53.0 Å². The van der Waals surface area contributed by atoms with Crippen molar-refractivity contribution in [1.29, 1.82) is 0 Å². The van der Waals surface area contributed by atoms with Gasteiger partial charge in [-0.25, -0.2) is 0 Å². The highest BCUT2D eigenvalue weighted by molar-refractivity contribution is 4.43. The van der Waals surface area contributed by atoms with Crippen LogP contribution in [-0.2, 0) is 4.84 Å². The number of hydrogen-bond donors (Lipinski definition) is 2. The van der Waals surface area contributed by atoms with Gasteiger partial charge in [-0.1, -0.05) is 0 Å².